The molecule has 4 nitrogen and oxygen atoms in total. The number of rotatable bonds is 6. The zero-order chi connectivity index (χ0) is 22.8. The molecule has 1 fully saturated rings. The van der Waals surface area contributed by atoms with Gasteiger partial charge in [-0.05, 0) is 28.5 Å². The first-order chi connectivity index (χ1) is 16.1. The Balaban J connectivity index is 1.55. The van der Waals surface area contributed by atoms with Crippen molar-refractivity contribution >= 4 is 22.7 Å². The van der Waals surface area contributed by atoms with Gasteiger partial charge in [-0.2, -0.15) is 0 Å². The maximum Gasteiger partial charge on any atom is 0.315 e. The Kier molecular flexibility index (Phi) is 5.66. The maximum atomic E-state index is 13.7. The molecule has 4 aromatic carbocycles. The summed E-state index contributed by atoms with van der Waals surface area (Å²) in [5, 5.41) is 11.5. The second kappa shape index (κ2) is 8.91. The van der Waals surface area contributed by atoms with E-state index in [1.807, 2.05) is 103 Å². The Morgan fingerprint density at radius 3 is 1.85 bits per heavy atom. The topological polar surface area (TPSA) is 63.6 Å². The first kappa shape index (κ1) is 21.0. The van der Waals surface area contributed by atoms with Crippen LogP contribution in [0.5, 0.6) is 5.75 Å². The van der Waals surface area contributed by atoms with Crippen LogP contribution in [-0.4, -0.2) is 17.0 Å². The summed E-state index contributed by atoms with van der Waals surface area (Å²) in [6.07, 6.45) is -0.00281. The normalized spacial score (nSPS) is 21.8. The van der Waals surface area contributed by atoms with Gasteiger partial charge in [0.15, 0.2) is 0 Å². The third kappa shape index (κ3) is 4.00. The Hall–Kier alpha value is -3.92. The van der Waals surface area contributed by atoms with Crippen molar-refractivity contribution in [1.29, 1.82) is 0 Å². The first-order valence-electron chi connectivity index (χ1n) is 11.1. The van der Waals surface area contributed by atoms with Gasteiger partial charge in [0.2, 0.25) is 0 Å². The van der Waals surface area contributed by atoms with E-state index in [0.717, 1.165) is 21.9 Å². The molecule has 1 N–H and O–H groups in total. The molecule has 33 heavy (non-hydrogen) atoms. The minimum Gasteiger partial charge on any atom is -0.481 e. The molecule has 4 heteroatoms. The van der Waals surface area contributed by atoms with Crippen LogP contribution in [0.3, 0.4) is 0 Å². The number of carbonyl (C=O) groups is 2. The second-order valence-electron chi connectivity index (χ2n) is 8.56. The average molecular weight is 437 g/mol. The van der Waals surface area contributed by atoms with Gasteiger partial charge >= 0.3 is 11.9 Å². The number of benzene rings is 4. The third-order valence-electron chi connectivity index (χ3n) is 6.71. The molecular weight excluding hydrogens is 412 g/mol. The molecule has 0 heterocycles. The molecule has 0 unspecified atom stereocenters. The monoisotopic (exact) mass is 436 g/mol. The molecule has 0 amide bonds. The number of hydrogen-bond acceptors (Lipinski definition) is 3. The largest absolute Gasteiger partial charge is 0.481 e. The number of hydrogen-bond donors (Lipinski definition) is 1. The van der Waals surface area contributed by atoms with Gasteiger partial charge in [0, 0.05) is 23.6 Å². The number of fused-ring (bicyclic) bond motifs is 1. The molecule has 1 saturated carbocycles. The quantitative estimate of drug-likeness (QED) is 0.296. The molecule has 0 spiro atoms. The maximum absolute atomic E-state index is 13.7. The predicted molar refractivity (Wildman–Crippen MR) is 127 cm³/mol. The summed E-state index contributed by atoms with van der Waals surface area (Å²) in [6.45, 7) is 0. The van der Waals surface area contributed by atoms with Crippen LogP contribution in [0.4, 0.5) is 0 Å². The third-order valence-corrected chi connectivity index (χ3v) is 6.71. The molecule has 0 bridgehead atoms. The van der Waals surface area contributed by atoms with Crippen molar-refractivity contribution in [3.05, 3.63) is 114 Å². The molecule has 1 aliphatic rings. The highest BCUT2D eigenvalue weighted by atomic mass is 16.5. The van der Waals surface area contributed by atoms with Crippen LogP contribution in [0.2, 0.25) is 0 Å². The van der Waals surface area contributed by atoms with Crippen LogP contribution < -0.4 is 4.74 Å². The van der Waals surface area contributed by atoms with Gasteiger partial charge in [0.1, 0.15) is 5.75 Å². The van der Waals surface area contributed by atoms with Crippen molar-refractivity contribution in [2.45, 2.75) is 18.3 Å². The fourth-order valence-electron chi connectivity index (χ4n) is 5.30. The highest BCUT2D eigenvalue weighted by Crippen LogP contribution is 2.59. The minimum absolute atomic E-state index is 0.00281. The van der Waals surface area contributed by atoms with Gasteiger partial charge in [-0.1, -0.05) is 97.1 Å². The molecule has 4 aromatic rings. The average Bonchev–Trinajstić information content (AvgIpc) is 2.83. The van der Waals surface area contributed by atoms with E-state index >= 15 is 0 Å². The van der Waals surface area contributed by atoms with Crippen molar-refractivity contribution in [3.8, 4) is 5.75 Å². The van der Waals surface area contributed by atoms with E-state index in [2.05, 4.69) is 0 Å². The molecule has 164 valence electrons. The second-order valence-corrected chi connectivity index (χ2v) is 8.56. The number of esters is 1. The Bertz CT molecular complexity index is 1230. The van der Waals surface area contributed by atoms with Gasteiger partial charge in [0.25, 0.3) is 0 Å². The Labute approximate surface area is 192 Å². The predicted octanol–water partition coefficient (Wildman–Crippen LogP) is 6.03. The lowest BCUT2D eigenvalue weighted by Gasteiger charge is -2.51. The molecule has 0 aliphatic heterocycles. The van der Waals surface area contributed by atoms with Crippen LogP contribution in [0.15, 0.2) is 103 Å². The van der Waals surface area contributed by atoms with Crippen LogP contribution in [0.25, 0.3) is 10.8 Å². The fourth-order valence-corrected chi connectivity index (χ4v) is 5.30. The highest BCUT2D eigenvalue weighted by Gasteiger charge is 2.56. The zero-order valence-electron chi connectivity index (χ0n) is 18.0. The van der Waals surface area contributed by atoms with Crippen molar-refractivity contribution in [1.82, 2.24) is 0 Å². The first-order valence-corrected chi connectivity index (χ1v) is 11.1. The Morgan fingerprint density at radius 2 is 1.24 bits per heavy atom. The van der Waals surface area contributed by atoms with Crippen LogP contribution in [0.1, 0.15) is 29.4 Å². The van der Waals surface area contributed by atoms with Crippen LogP contribution in [-0.2, 0) is 9.59 Å². The number of ether oxygens (including phenoxy) is 1. The SMILES string of the molecule is O=C(O)CC1[C@@H](c2ccccc2)C(C(=O)Oc2cccc3ccccc23)[C@@H]1c1ccccc1. The van der Waals surface area contributed by atoms with E-state index in [0.29, 0.717) is 5.75 Å². The summed E-state index contributed by atoms with van der Waals surface area (Å²) in [7, 11) is 0. The highest BCUT2D eigenvalue weighted by molar-refractivity contribution is 5.91. The molecule has 0 radical (unpaired) electrons. The summed E-state index contributed by atoms with van der Waals surface area (Å²) in [4.78, 5) is 25.4. The summed E-state index contributed by atoms with van der Waals surface area (Å²) < 4.78 is 6.00. The van der Waals surface area contributed by atoms with Crippen LogP contribution >= 0.6 is 0 Å². The lowest BCUT2D eigenvalue weighted by Crippen LogP contribution is -2.49. The molecule has 5 rings (SSSR count). The number of carboxylic acid groups (broad SMARTS) is 1. The lowest BCUT2D eigenvalue weighted by atomic mass is 9.51. The number of carboxylic acids is 1. The van der Waals surface area contributed by atoms with Gasteiger partial charge in [-0.15, -0.1) is 0 Å². The summed E-state index contributed by atoms with van der Waals surface area (Å²) in [6, 6.07) is 32.9. The van der Waals surface area contributed by atoms with Crippen LogP contribution in [0, 0.1) is 11.8 Å². The summed E-state index contributed by atoms with van der Waals surface area (Å²) in [5.74, 6) is -1.78. The summed E-state index contributed by atoms with van der Waals surface area (Å²) >= 11 is 0. The summed E-state index contributed by atoms with van der Waals surface area (Å²) in [5.41, 5.74) is 1.94. The number of carbonyl (C=O) groups excluding carboxylic acids is 1. The fraction of sp³-hybridized carbons (Fsp3) is 0.172. The van der Waals surface area contributed by atoms with Gasteiger partial charge in [0.05, 0.1) is 5.92 Å². The zero-order valence-corrected chi connectivity index (χ0v) is 18.0. The molecule has 0 saturated heterocycles. The van der Waals surface area contributed by atoms with E-state index in [9.17, 15) is 14.7 Å². The molecule has 0 aromatic heterocycles. The molecular formula is C29H24O4. The van der Waals surface area contributed by atoms with Gasteiger partial charge in [-0.25, -0.2) is 0 Å². The van der Waals surface area contributed by atoms with Crippen molar-refractivity contribution < 1.29 is 19.4 Å². The van der Waals surface area contributed by atoms with E-state index in [-0.39, 0.29) is 30.1 Å². The van der Waals surface area contributed by atoms with Crippen molar-refractivity contribution in [2.75, 3.05) is 0 Å². The molecule has 2 atom stereocenters. The van der Waals surface area contributed by atoms with E-state index in [1.165, 1.54) is 0 Å². The van der Waals surface area contributed by atoms with E-state index in [4.69, 9.17) is 4.74 Å². The van der Waals surface area contributed by atoms with Crippen molar-refractivity contribution in [3.63, 3.8) is 0 Å². The Morgan fingerprint density at radius 1 is 0.697 bits per heavy atom. The standard InChI is InChI=1S/C29H24O4/c30-25(31)18-23-26(20-11-3-1-4-12-20)28(27(23)21-13-5-2-6-14-21)29(32)33-24-17-9-15-19-10-7-8-16-22(19)24/h1-17,23,26-28H,18H2,(H,30,31)/t23?,26-,27-,28?/m1/s1. The van der Waals surface area contributed by atoms with E-state index in [1.54, 1.807) is 0 Å². The van der Waals surface area contributed by atoms with Crippen molar-refractivity contribution in [2.24, 2.45) is 11.8 Å². The van der Waals surface area contributed by atoms with Gasteiger partial charge < -0.3 is 9.84 Å². The van der Waals surface area contributed by atoms with E-state index < -0.39 is 11.9 Å². The molecule has 1 aliphatic carbocycles. The number of aliphatic carboxylic acids is 1. The lowest BCUT2D eigenvalue weighted by molar-refractivity contribution is -0.151. The smallest absolute Gasteiger partial charge is 0.315 e. The minimum atomic E-state index is -0.859. The van der Waals surface area contributed by atoms with Gasteiger partial charge in [-0.3, -0.25) is 9.59 Å².